The van der Waals surface area contributed by atoms with Crippen molar-refractivity contribution >= 4 is 17.6 Å². The summed E-state index contributed by atoms with van der Waals surface area (Å²) < 4.78 is 5.58. The molecular weight excluding hydrogens is 348 g/mol. The van der Waals surface area contributed by atoms with E-state index in [1.54, 1.807) is 13.8 Å². The lowest BCUT2D eigenvalue weighted by molar-refractivity contribution is -0.118. The number of carbonyl (C=O) groups excluding carboxylic acids is 2. The summed E-state index contributed by atoms with van der Waals surface area (Å²) in [5.41, 5.74) is 1.68. The molecule has 0 aromatic heterocycles. The number of ether oxygens (including phenoxy) is 1. The van der Waals surface area contributed by atoms with E-state index in [1.807, 2.05) is 24.3 Å². The van der Waals surface area contributed by atoms with Gasteiger partial charge in [-0.3, -0.25) is 0 Å². The summed E-state index contributed by atoms with van der Waals surface area (Å²) in [6.07, 6.45) is 7.41. The highest BCUT2D eigenvalue weighted by atomic mass is 16.5. The van der Waals surface area contributed by atoms with Crippen LogP contribution in [0.1, 0.15) is 86.6 Å². The van der Waals surface area contributed by atoms with Crippen molar-refractivity contribution in [2.45, 2.75) is 81.1 Å². The molecule has 1 rings (SSSR count). The second kappa shape index (κ2) is 12.5. The van der Waals surface area contributed by atoms with E-state index in [0.29, 0.717) is 24.2 Å². The average Bonchev–Trinajstić information content (AvgIpc) is 2.55. The Morgan fingerprint density at radius 3 is 1.82 bits per heavy atom. The van der Waals surface area contributed by atoms with Crippen LogP contribution in [-0.2, 0) is 9.59 Å². The molecule has 0 amide bonds. The van der Waals surface area contributed by atoms with Crippen molar-refractivity contribution < 1.29 is 14.3 Å². The first-order valence-electron chi connectivity index (χ1n) is 10.2. The number of rotatable bonds is 8. The lowest BCUT2D eigenvalue weighted by Gasteiger charge is -2.15. The highest BCUT2D eigenvalue weighted by Gasteiger charge is 2.10. The van der Waals surface area contributed by atoms with E-state index in [2.05, 4.69) is 53.7 Å². The van der Waals surface area contributed by atoms with Crippen LogP contribution in [0.4, 0.5) is 0 Å². The van der Waals surface area contributed by atoms with Gasteiger partial charge in [-0.25, -0.2) is 0 Å². The van der Waals surface area contributed by atoms with E-state index in [-0.39, 0.29) is 11.2 Å². The zero-order valence-corrected chi connectivity index (χ0v) is 19.2. The zero-order chi connectivity index (χ0) is 21.8. The number of ketones is 2. The van der Waals surface area contributed by atoms with Crippen LogP contribution in [0.25, 0.3) is 6.08 Å². The summed E-state index contributed by atoms with van der Waals surface area (Å²) in [7, 11) is 0. The minimum absolute atomic E-state index is 0.196. The molecule has 0 fully saturated rings. The van der Waals surface area contributed by atoms with Crippen LogP contribution < -0.4 is 4.74 Å². The number of carbonyl (C=O) groups is 2. The molecule has 0 aliphatic rings. The summed E-state index contributed by atoms with van der Waals surface area (Å²) in [5, 5.41) is 0. The Hall–Kier alpha value is -1.90. The average molecular weight is 389 g/mol. The fourth-order valence-corrected chi connectivity index (χ4v) is 2.08. The first-order chi connectivity index (χ1) is 12.8. The number of hydrogen-bond donors (Lipinski definition) is 0. The van der Waals surface area contributed by atoms with E-state index >= 15 is 0 Å². The van der Waals surface area contributed by atoms with Gasteiger partial charge in [-0.1, -0.05) is 65.8 Å². The molecule has 0 N–H and O–H groups in total. The third-order valence-electron chi connectivity index (χ3n) is 3.82. The SMILES string of the molecule is CC(=O)CCC(C)(C)C.CC(=O)CCCOc1ccc(/C=C\C(C)(C)C)cc1. The number of allylic oxidation sites excluding steroid dienone is 1. The molecule has 0 spiro atoms. The largest absolute Gasteiger partial charge is 0.494 e. The molecule has 0 saturated carbocycles. The molecule has 3 heteroatoms. The second-order valence-electron chi connectivity index (χ2n) is 9.69. The van der Waals surface area contributed by atoms with Gasteiger partial charge in [0.05, 0.1) is 6.61 Å². The standard InChI is InChI=1S/C17H24O2.C8H16O/c1-14(18)6-5-13-19-16-9-7-15(8-10-16)11-12-17(2,3)4;1-7(9)5-6-8(2,3)4/h7-12H,5-6,13H2,1-4H3;5-6H2,1-4H3/b12-11-;. The molecule has 3 nitrogen and oxygen atoms in total. The Balaban J connectivity index is 0.000000684. The summed E-state index contributed by atoms with van der Waals surface area (Å²) >= 11 is 0. The van der Waals surface area contributed by atoms with Gasteiger partial charge in [0, 0.05) is 12.8 Å². The Morgan fingerprint density at radius 1 is 0.893 bits per heavy atom. The minimum atomic E-state index is 0.196. The zero-order valence-electron chi connectivity index (χ0n) is 19.2. The molecule has 0 unspecified atom stereocenters. The fourth-order valence-electron chi connectivity index (χ4n) is 2.08. The summed E-state index contributed by atoms with van der Waals surface area (Å²) in [4.78, 5) is 21.3. The van der Waals surface area contributed by atoms with Gasteiger partial charge >= 0.3 is 0 Å². The summed E-state index contributed by atoms with van der Waals surface area (Å²) in [5.74, 6) is 1.37. The van der Waals surface area contributed by atoms with Crippen molar-refractivity contribution in [1.29, 1.82) is 0 Å². The summed E-state index contributed by atoms with van der Waals surface area (Å²) in [6.45, 7) is 16.8. The smallest absolute Gasteiger partial charge is 0.129 e. The highest BCUT2D eigenvalue weighted by molar-refractivity contribution is 5.75. The van der Waals surface area contributed by atoms with Crippen LogP contribution in [0.3, 0.4) is 0 Å². The number of benzene rings is 1. The molecule has 0 heterocycles. The first kappa shape index (κ1) is 26.1. The fraction of sp³-hybridized carbons (Fsp3) is 0.600. The summed E-state index contributed by atoms with van der Waals surface area (Å²) in [6, 6.07) is 8.03. The highest BCUT2D eigenvalue weighted by Crippen LogP contribution is 2.20. The van der Waals surface area contributed by atoms with Crippen molar-refractivity contribution in [3.05, 3.63) is 35.9 Å². The Morgan fingerprint density at radius 2 is 1.43 bits per heavy atom. The van der Waals surface area contributed by atoms with Crippen LogP contribution in [0.2, 0.25) is 0 Å². The number of hydrogen-bond acceptors (Lipinski definition) is 3. The molecule has 0 atom stereocenters. The van der Waals surface area contributed by atoms with Crippen molar-refractivity contribution in [3.8, 4) is 5.75 Å². The third kappa shape index (κ3) is 17.5. The van der Waals surface area contributed by atoms with Crippen molar-refractivity contribution in [2.24, 2.45) is 10.8 Å². The maximum absolute atomic E-state index is 10.8. The predicted molar refractivity (Wildman–Crippen MR) is 120 cm³/mol. The molecule has 158 valence electrons. The second-order valence-corrected chi connectivity index (χ2v) is 9.69. The lowest BCUT2D eigenvalue weighted by Crippen LogP contribution is -2.06. The van der Waals surface area contributed by atoms with Crippen LogP contribution in [0, 0.1) is 10.8 Å². The van der Waals surface area contributed by atoms with Crippen LogP contribution in [-0.4, -0.2) is 18.2 Å². The van der Waals surface area contributed by atoms with E-state index in [1.165, 1.54) is 5.56 Å². The minimum Gasteiger partial charge on any atom is -0.494 e. The maximum Gasteiger partial charge on any atom is 0.129 e. The Labute approximate surface area is 172 Å². The molecule has 0 bridgehead atoms. The van der Waals surface area contributed by atoms with E-state index < -0.39 is 0 Å². The van der Waals surface area contributed by atoms with Gasteiger partial charge in [-0.05, 0) is 55.2 Å². The van der Waals surface area contributed by atoms with Crippen molar-refractivity contribution in [2.75, 3.05) is 6.61 Å². The van der Waals surface area contributed by atoms with Crippen LogP contribution in [0.15, 0.2) is 30.3 Å². The van der Waals surface area contributed by atoms with Gasteiger partial charge in [0.25, 0.3) is 0 Å². The lowest BCUT2D eigenvalue weighted by atomic mass is 9.90. The molecule has 1 aromatic carbocycles. The molecule has 0 saturated heterocycles. The first-order valence-corrected chi connectivity index (χ1v) is 10.2. The molecule has 28 heavy (non-hydrogen) atoms. The van der Waals surface area contributed by atoms with Crippen molar-refractivity contribution in [1.82, 2.24) is 0 Å². The van der Waals surface area contributed by atoms with Gasteiger partial charge in [0.2, 0.25) is 0 Å². The topological polar surface area (TPSA) is 43.4 Å². The predicted octanol–water partition coefficient (Wildman–Crippen LogP) is 6.90. The van der Waals surface area contributed by atoms with Crippen LogP contribution in [0.5, 0.6) is 5.75 Å². The van der Waals surface area contributed by atoms with Gasteiger partial charge in [-0.15, -0.1) is 0 Å². The molecule has 0 aliphatic heterocycles. The van der Waals surface area contributed by atoms with Crippen LogP contribution >= 0.6 is 0 Å². The number of Topliss-reactive ketones (excluding diaryl/α,β-unsaturated/α-hetero) is 2. The molecule has 0 radical (unpaired) electrons. The molecule has 1 aromatic rings. The van der Waals surface area contributed by atoms with Crippen molar-refractivity contribution in [3.63, 3.8) is 0 Å². The maximum atomic E-state index is 10.8. The van der Waals surface area contributed by atoms with E-state index in [4.69, 9.17) is 4.74 Å². The molecule has 0 aliphatic carbocycles. The van der Waals surface area contributed by atoms with E-state index in [0.717, 1.165) is 25.0 Å². The van der Waals surface area contributed by atoms with Gasteiger partial charge in [-0.2, -0.15) is 0 Å². The van der Waals surface area contributed by atoms with Gasteiger partial charge in [0.1, 0.15) is 17.3 Å². The van der Waals surface area contributed by atoms with Gasteiger partial charge in [0.15, 0.2) is 0 Å². The Kier molecular flexibility index (Phi) is 11.7. The van der Waals surface area contributed by atoms with Gasteiger partial charge < -0.3 is 14.3 Å². The molecular formula is C25H40O3. The van der Waals surface area contributed by atoms with E-state index in [9.17, 15) is 9.59 Å². The quantitative estimate of drug-likeness (QED) is 0.455. The normalized spacial score (nSPS) is 11.7. The Bertz CT molecular complexity index is 611. The monoisotopic (exact) mass is 388 g/mol. The third-order valence-corrected chi connectivity index (χ3v) is 3.82.